The van der Waals surface area contributed by atoms with Crippen molar-refractivity contribution in [3.8, 4) is 5.75 Å². The second kappa shape index (κ2) is 6.36. The molecule has 4 aliphatic rings. The Bertz CT molecular complexity index is 828. The Balaban J connectivity index is 1.47. The van der Waals surface area contributed by atoms with E-state index in [9.17, 15) is 4.79 Å². The van der Waals surface area contributed by atoms with E-state index in [2.05, 4.69) is 31.2 Å². The van der Waals surface area contributed by atoms with Crippen LogP contribution in [0.2, 0.25) is 0 Å². The summed E-state index contributed by atoms with van der Waals surface area (Å²) < 4.78 is 5.36. The van der Waals surface area contributed by atoms with E-state index in [1.54, 1.807) is 18.3 Å². The zero-order valence-electron chi connectivity index (χ0n) is 16.6. The molecular formula is C25H30O2. The van der Waals surface area contributed by atoms with Crippen LogP contribution in [0.5, 0.6) is 5.75 Å². The van der Waals surface area contributed by atoms with Crippen molar-refractivity contribution < 1.29 is 9.53 Å². The Morgan fingerprint density at radius 1 is 1.00 bits per heavy atom. The maximum Gasteiger partial charge on any atom is 0.156 e. The largest absolute Gasteiger partial charge is 0.497 e. The average molecular weight is 363 g/mol. The van der Waals surface area contributed by atoms with E-state index in [-0.39, 0.29) is 0 Å². The van der Waals surface area contributed by atoms with Crippen molar-refractivity contribution in [3.05, 3.63) is 52.6 Å². The van der Waals surface area contributed by atoms with E-state index in [0.717, 1.165) is 36.8 Å². The molecule has 0 saturated heterocycles. The fourth-order valence-electron chi connectivity index (χ4n) is 6.91. The Morgan fingerprint density at radius 2 is 1.81 bits per heavy atom. The van der Waals surface area contributed by atoms with Gasteiger partial charge in [0.1, 0.15) is 5.75 Å². The predicted octanol–water partition coefficient (Wildman–Crippen LogP) is 5.98. The molecule has 2 fully saturated rings. The Kier molecular flexibility index (Phi) is 4.07. The first-order valence-corrected chi connectivity index (χ1v) is 10.7. The lowest BCUT2D eigenvalue weighted by Gasteiger charge is -2.49. The lowest BCUT2D eigenvalue weighted by atomic mass is 9.55. The summed E-state index contributed by atoms with van der Waals surface area (Å²) in [5, 5.41) is 0. The number of allylic oxidation sites excluding steroid dienone is 4. The smallest absolute Gasteiger partial charge is 0.156 e. The average Bonchev–Trinajstić information content (AvgIpc) is 3.05. The van der Waals surface area contributed by atoms with Crippen molar-refractivity contribution in [1.82, 2.24) is 0 Å². The molecule has 2 nitrogen and oxygen atoms in total. The third-order valence-corrected chi connectivity index (χ3v) is 8.25. The summed E-state index contributed by atoms with van der Waals surface area (Å²) in [5.41, 5.74) is 6.61. The highest BCUT2D eigenvalue weighted by Gasteiger charge is 2.53. The van der Waals surface area contributed by atoms with E-state index >= 15 is 0 Å². The minimum absolute atomic E-state index is 0.342. The zero-order chi connectivity index (χ0) is 18.6. The van der Waals surface area contributed by atoms with Crippen molar-refractivity contribution >= 4 is 5.78 Å². The lowest BCUT2D eigenvalue weighted by Crippen LogP contribution is -2.39. The quantitative estimate of drug-likeness (QED) is 0.646. The van der Waals surface area contributed by atoms with Gasteiger partial charge in [0.15, 0.2) is 5.78 Å². The summed E-state index contributed by atoms with van der Waals surface area (Å²) in [6.07, 6.45) is 11.3. The lowest BCUT2D eigenvalue weighted by molar-refractivity contribution is -0.114. The van der Waals surface area contributed by atoms with E-state index < -0.39 is 0 Å². The molecule has 4 aliphatic carbocycles. The highest BCUT2D eigenvalue weighted by Crippen LogP contribution is 2.64. The summed E-state index contributed by atoms with van der Waals surface area (Å²) in [6.45, 7) is 2.57. The molecule has 0 aromatic heterocycles. The standard InChI is InChI=1S/C25H30O2/c1-25-14-13-21-20-10-6-18(26)15-17(20)5-9-22(21)24(25)12-11-23(25)16-3-7-19(27-2)8-4-16/h3-4,7-8,15,22-24H,5-6,9-14H2,1-2H3/t22-,23+,24+,25-/m1/s1. The monoisotopic (exact) mass is 362 g/mol. The molecule has 0 radical (unpaired) electrons. The van der Waals surface area contributed by atoms with Gasteiger partial charge < -0.3 is 4.74 Å². The van der Waals surface area contributed by atoms with Crippen LogP contribution in [-0.4, -0.2) is 12.9 Å². The van der Waals surface area contributed by atoms with Gasteiger partial charge in [-0.15, -0.1) is 0 Å². The van der Waals surface area contributed by atoms with Crippen LogP contribution in [0.4, 0.5) is 0 Å². The Labute approximate surface area is 162 Å². The molecule has 0 amide bonds. The second-order valence-electron chi connectivity index (χ2n) is 9.30. The molecule has 0 heterocycles. The fourth-order valence-corrected chi connectivity index (χ4v) is 6.91. The summed E-state index contributed by atoms with van der Waals surface area (Å²) in [7, 11) is 1.74. The van der Waals surface area contributed by atoms with Crippen molar-refractivity contribution in [2.75, 3.05) is 7.11 Å². The van der Waals surface area contributed by atoms with Gasteiger partial charge in [-0.2, -0.15) is 0 Å². The number of rotatable bonds is 2. The first-order chi connectivity index (χ1) is 13.1. The van der Waals surface area contributed by atoms with Crippen LogP contribution in [-0.2, 0) is 4.79 Å². The van der Waals surface area contributed by atoms with Crippen LogP contribution < -0.4 is 4.74 Å². The highest BCUT2D eigenvalue weighted by molar-refractivity contribution is 5.93. The second-order valence-corrected chi connectivity index (χ2v) is 9.30. The minimum atomic E-state index is 0.342. The number of fused-ring (bicyclic) bond motifs is 4. The highest BCUT2D eigenvalue weighted by atomic mass is 16.5. The fraction of sp³-hybridized carbons (Fsp3) is 0.560. The number of benzene rings is 1. The molecule has 2 heteroatoms. The van der Waals surface area contributed by atoms with Gasteiger partial charge in [-0.3, -0.25) is 4.79 Å². The summed E-state index contributed by atoms with van der Waals surface area (Å²) in [5.74, 6) is 3.53. The molecule has 4 atom stereocenters. The van der Waals surface area contributed by atoms with Crippen molar-refractivity contribution in [2.24, 2.45) is 17.3 Å². The number of carbonyl (C=O) groups is 1. The topological polar surface area (TPSA) is 26.3 Å². The van der Waals surface area contributed by atoms with Crippen molar-refractivity contribution in [1.29, 1.82) is 0 Å². The first kappa shape index (κ1) is 17.3. The zero-order valence-corrected chi connectivity index (χ0v) is 16.6. The number of carbonyl (C=O) groups excluding carboxylic acids is 1. The molecule has 27 heavy (non-hydrogen) atoms. The van der Waals surface area contributed by atoms with Gasteiger partial charge in [-0.05, 0) is 103 Å². The van der Waals surface area contributed by atoms with Crippen LogP contribution in [0.1, 0.15) is 69.8 Å². The molecular weight excluding hydrogens is 332 g/mol. The van der Waals surface area contributed by atoms with Crippen molar-refractivity contribution in [2.45, 2.75) is 64.2 Å². The SMILES string of the molecule is COc1ccc([C@@H]2CC[C@H]3[C@@H]4CCC5=CC(=O)CCC5=C4CC[C@]23C)cc1. The van der Waals surface area contributed by atoms with E-state index in [1.165, 1.54) is 43.2 Å². The molecule has 1 aromatic rings. The summed E-state index contributed by atoms with van der Waals surface area (Å²) in [6, 6.07) is 8.83. The molecule has 0 unspecified atom stereocenters. The van der Waals surface area contributed by atoms with E-state index in [0.29, 0.717) is 17.1 Å². The van der Waals surface area contributed by atoms with Gasteiger partial charge in [-0.1, -0.05) is 24.6 Å². The van der Waals surface area contributed by atoms with Gasteiger partial charge in [0, 0.05) is 6.42 Å². The number of hydrogen-bond acceptors (Lipinski definition) is 2. The molecule has 0 N–H and O–H groups in total. The maximum absolute atomic E-state index is 11.8. The third-order valence-electron chi connectivity index (χ3n) is 8.25. The molecule has 0 aliphatic heterocycles. The number of ketones is 1. The molecule has 1 aromatic carbocycles. The normalized spacial score (nSPS) is 35.3. The van der Waals surface area contributed by atoms with Gasteiger partial charge in [0.2, 0.25) is 0 Å². The summed E-state index contributed by atoms with van der Waals surface area (Å²) >= 11 is 0. The third kappa shape index (κ3) is 2.63. The predicted molar refractivity (Wildman–Crippen MR) is 108 cm³/mol. The van der Waals surface area contributed by atoms with E-state index in [1.807, 2.05) is 6.08 Å². The van der Waals surface area contributed by atoms with Crippen LogP contribution in [0.3, 0.4) is 0 Å². The van der Waals surface area contributed by atoms with Crippen LogP contribution in [0, 0.1) is 17.3 Å². The number of methoxy groups -OCH3 is 1. The Morgan fingerprint density at radius 3 is 2.59 bits per heavy atom. The van der Waals surface area contributed by atoms with E-state index in [4.69, 9.17) is 4.74 Å². The molecule has 0 spiro atoms. The maximum atomic E-state index is 11.8. The van der Waals surface area contributed by atoms with Gasteiger partial charge in [-0.25, -0.2) is 0 Å². The molecule has 5 rings (SSSR count). The molecule has 142 valence electrons. The molecule has 2 saturated carbocycles. The van der Waals surface area contributed by atoms with Crippen molar-refractivity contribution in [3.63, 3.8) is 0 Å². The number of ether oxygens (including phenoxy) is 1. The van der Waals surface area contributed by atoms with Gasteiger partial charge in [0.25, 0.3) is 0 Å². The number of hydrogen-bond donors (Lipinski definition) is 0. The van der Waals surface area contributed by atoms with Crippen LogP contribution >= 0.6 is 0 Å². The van der Waals surface area contributed by atoms with Crippen LogP contribution in [0.15, 0.2) is 47.1 Å². The summed E-state index contributed by atoms with van der Waals surface area (Å²) in [4.78, 5) is 11.8. The minimum Gasteiger partial charge on any atom is -0.497 e. The van der Waals surface area contributed by atoms with Crippen LogP contribution in [0.25, 0.3) is 0 Å². The molecule has 0 bridgehead atoms. The Hall–Kier alpha value is -1.83. The van der Waals surface area contributed by atoms with Gasteiger partial charge >= 0.3 is 0 Å². The van der Waals surface area contributed by atoms with Gasteiger partial charge in [0.05, 0.1) is 7.11 Å². The first-order valence-electron chi connectivity index (χ1n) is 10.7.